The lowest BCUT2D eigenvalue weighted by molar-refractivity contribution is 0.579. The Morgan fingerprint density at radius 2 is 1.74 bits per heavy atom. The van der Waals surface area contributed by atoms with Crippen molar-refractivity contribution < 1.29 is 8.42 Å². The van der Waals surface area contributed by atoms with Crippen LogP contribution in [0.25, 0.3) is 0 Å². The van der Waals surface area contributed by atoms with Crippen molar-refractivity contribution in [3.05, 3.63) is 58.6 Å². The number of nitrogens with zero attached hydrogens (tertiary/aromatic N) is 1. The standard InChI is InChI=1S/C16H18Cl2N2O2S/c1-20(13-6-3-2-4-7-13)11-5-10-19-23(21,22)14-8-9-15(17)16(18)12-14/h2-4,6-9,12,19H,5,10-11H2,1H3. The molecular formula is C16H18Cl2N2O2S. The van der Waals surface area contributed by atoms with Crippen molar-refractivity contribution in [3.63, 3.8) is 0 Å². The molecule has 0 radical (unpaired) electrons. The number of para-hydroxylation sites is 1. The lowest BCUT2D eigenvalue weighted by Crippen LogP contribution is -2.28. The molecule has 2 aromatic rings. The summed E-state index contributed by atoms with van der Waals surface area (Å²) in [5, 5.41) is 0.549. The van der Waals surface area contributed by atoms with Crippen molar-refractivity contribution >= 4 is 38.9 Å². The summed E-state index contributed by atoms with van der Waals surface area (Å²) in [4.78, 5) is 2.19. The first kappa shape index (κ1) is 18.1. The van der Waals surface area contributed by atoms with Gasteiger partial charge in [0, 0.05) is 25.8 Å². The van der Waals surface area contributed by atoms with Crippen LogP contribution in [0, 0.1) is 0 Å². The SMILES string of the molecule is CN(CCCNS(=O)(=O)c1ccc(Cl)c(Cl)c1)c1ccccc1. The van der Waals surface area contributed by atoms with Crippen LogP contribution in [0.15, 0.2) is 53.4 Å². The highest BCUT2D eigenvalue weighted by molar-refractivity contribution is 7.89. The number of benzene rings is 2. The minimum Gasteiger partial charge on any atom is -0.375 e. The maximum atomic E-state index is 12.2. The van der Waals surface area contributed by atoms with Crippen LogP contribution in [0.2, 0.25) is 10.0 Å². The zero-order valence-corrected chi connectivity index (χ0v) is 15.0. The quantitative estimate of drug-likeness (QED) is 0.751. The van der Waals surface area contributed by atoms with E-state index in [1.165, 1.54) is 18.2 Å². The molecule has 0 atom stereocenters. The van der Waals surface area contributed by atoms with E-state index in [0.29, 0.717) is 18.0 Å². The number of hydrogen-bond donors (Lipinski definition) is 1. The van der Waals surface area contributed by atoms with Crippen LogP contribution in [0.3, 0.4) is 0 Å². The molecule has 0 aromatic heterocycles. The van der Waals surface area contributed by atoms with Gasteiger partial charge in [-0.05, 0) is 36.8 Å². The normalized spacial score (nSPS) is 11.4. The van der Waals surface area contributed by atoms with Gasteiger partial charge >= 0.3 is 0 Å². The highest BCUT2D eigenvalue weighted by atomic mass is 35.5. The first-order valence-electron chi connectivity index (χ1n) is 7.11. The summed E-state index contributed by atoms with van der Waals surface area (Å²) in [5.41, 5.74) is 1.10. The average Bonchev–Trinajstić information content (AvgIpc) is 2.54. The molecule has 0 amide bonds. The molecule has 2 rings (SSSR count). The van der Waals surface area contributed by atoms with E-state index >= 15 is 0 Å². The Kier molecular flexibility index (Phi) is 6.30. The Bertz CT molecular complexity index is 752. The van der Waals surface area contributed by atoms with E-state index in [2.05, 4.69) is 9.62 Å². The Morgan fingerprint density at radius 1 is 1.04 bits per heavy atom. The number of sulfonamides is 1. The van der Waals surface area contributed by atoms with Gasteiger partial charge in [-0.2, -0.15) is 0 Å². The number of hydrogen-bond acceptors (Lipinski definition) is 3. The fraction of sp³-hybridized carbons (Fsp3) is 0.250. The fourth-order valence-electron chi connectivity index (χ4n) is 2.06. The first-order chi connectivity index (χ1) is 10.9. The molecule has 0 aliphatic rings. The molecule has 0 unspecified atom stereocenters. The molecule has 2 aromatic carbocycles. The summed E-state index contributed by atoms with van der Waals surface area (Å²) in [6.45, 7) is 1.09. The van der Waals surface area contributed by atoms with Gasteiger partial charge < -0.3 is 4.90 Å². The van der Waals surface area contributed by atoms with E-state index in [1.54, 1.807) is 0 Å². The summed E-state index contributed by atoms with van der Waals surface area (Å²) in [5.74, 6) is 0. The molecule has 0 heterocycles. The summed E-state index contributed by atoms with van der Waals surface area (Å²) >= 11 is 11.7. The Hall–Kier alpha value is -1.27. The van der Waals surface area contributed by atoms with Crippen molar-refractivity contribution in [2.45, 2.75) is 11.3 Å². The van der Waals surface area contributed by atoms with Crippen molar-refractivity contribution in [2.75, 3.05) is 25.0 Å². The van der Waals surface area contributed by atoms with E-state index in [0.717, 1.165) is 12.2 Å². The number of rotatable bonds is 7. The molecule has 124 valence electrons. The predicted molar refractivity (Wildman–Crippen MR) is 96.0 cm³/mol. The number of anilines is 1. The second-order valence-electron chi connectivity index (χ2n) is 5.08. The van der Waals surface area contributed by atoms with E-state index in [-0.39, 0.29) is 9.92 Å². The lowest BCUT2D eigenvalue weighted by atomic mass is 10.3. The highest BCUT2D eigenvalue weighted by Crippen LogP contribution is 2.24. The average molecular weight is 373 g/mol. The molecule has 0 saturated carbocycles. The van der Waals surface area contributed by atoms with Gasteiger partial charge in [-0.3, -0.25) is 0 Å². The molecule has 0 spiro atoms. The van der Waals surface area contributed by atoms with Crippen LogP contribution in [-0.2, 0) is 10.0 Å². The molecule has 7 heteroatoms. The second kappa shape index (κ2) is 8.02. The van der Waals surface area contributed by atoms with Crippen LogP contribution in [0.1, 0.15) is 6.42 Å². The number of halogens is 2. The van der Waals surface area contributed by atoms with Gasteiger partial charge in [-0.25, -0.2) is 13.1 Å². The van der Waals surface area contributed by atoms with E-state index in [9.17, 15) is 8.42 Å². The maximum absolute atomic E-state index is 12.2. The second-order valence-corrected chi connectivity index (χ2v) is 7.67. The van der Waals surface area contributed by atoms with Crippen LogP contribution in [0.4, 0.5) is 5.69 Å². The minimum atomic E-state index is -3.57. The molecule has 0 aliphatic heterocycles. The predicted octanol–water partition coefficient (Wildman–Crippen LogP) is 3.80. The molecule has 4 nitrogen and oxygen atoms in total. The summed E-state index contributed by atoms with van der Waals surface area (Å²) < 4.78 is 26.9. The monoisotopic (exact) mass is 372 g/mol. The topological polar surface area (TPSA) is 49.4 Å². The zero-order valence-electron chi connectivity index (χ0n) is 12.7. The van der Waals surface area contributed by atoms with Gasteiger partial charge in [-0.1, -0.05) is 41.4 Å². The van der Waals surface area contributed by atoms with Crippen LogP contribution >= 0.6 is 23.2 Å². The van der Waals surface area contributed by atoms with Crippen molar-refractivity contribution in [1.82, 2.24) is 4.72 Å². The molecule has 0 fully saturated rings. The Balaban J connectivity index is 1.86. The van der Waals surface area contributed by atoms with Gasteiger partial charge in [-0.15, -0.1) is 0 Å². The third-order valence-corrected chi connectivity index (χ3v) is 5.56. The lowest BCUT2D eigenvalue weighted by Gasteiger charge is -2.19. The van der Waals surface area contributed by atoms with Gasteiger partial charge in [0.1, 0.15) is 0 Å². The first-order valence-corrected chi connectivity index (χ1v) is 9.35. The smallest absolute Gasteiger partial charge is 0.240 e. The van der Waals surface area contributed by atoms with Gasteiger partial charge in [0.15, 0.2) is 0 Å². The van der Waals surface area contributed by atoms with E-state index < -0.39 is 10.0 Å². The summed E-state index contributed by atoms with van der Waals surface area (Å²) in [7, 11) is -1.60. The molecule has 0 bridgehead atoms. The van der Waals surface area contributed by atoms with Crippen LogP contribution < -0.4 is 9.62 Å². The largest absolute Gasteiger partial charge is 0.375 e. The molecule has 23 heavy (non-hydrogen) atoms. The van der Waals surface area contributed by atoms with Crippen molar-refractivity contribution in [3.8, 4) is 0 Å². The number of nitrogens with one attached hydrogen (secondary N) is 1. The Morgan fingerprint density at radius 3 is 2.39 bits per heavy atom. The maximum Gasteiger partial charge on any atom is 0.240 e. The third kappa shape index (κ3) is 5.11. The van der Waals surface area contributed by atoms with Gasteiger partial charge in [0.25, 0.3) is 0 Å². The molecule has 0 saturated heterocycles. The van der Waals surface area contributed by atoms with Gasteiger partial charge in [0.05, 0.1) is 14.9 Å². The summed E-state index contributed by atoms with van der Waals surface area (Å²) in [6.07, 6.45) is 0.686. The van der Waals surface area contributed by atoms with E-state index in [4.69, 9.17) is 23.2 Å². The van der Waals surface area contributed by atoms with Gasteiger partial charge in [0.2, 0.25) is 10.0 Å². The fourth-order valence-corrected chi connectivity index (χ4v) is 3.52. The zero-order chi connectivity index (χ0) is 16.9. The van der Waals surface area contributed by atoms with Crippen molar-refractivity contribution in [1.29, 1.82) is 0 Å². The van der Waals surface area contributed by atoms with Crippen LogP contribution in [-0.4, -0.2) is 28.6 Å². The summed E-state index contributed by atoms with van der Waals surface area (Å²) in [6, 6.07) is 14.2. The molecular weight excluding hydrogens is 355 g/mol. The van der Waals surface area contributed by atoms with Crippen LogP contribution in [0.5, 0.6) is 0 Å². The Labute approximate surface area is 147 Å². The van der Waals surface area contributed by atoms with Crippen molar-refractivity contribution in [2.24, 2.45) is 0 Å². The van der Waals surface area contributed by atoms with E-state index in [1.807, 2.05) is 37.4 Å². The molecule has 0 aliphatic carbocycles. The molecule has 1 N–H and O–H groups in total. The highest BCUT2D eigenvalue weighted by Gasteiger charge is 2.14. The third-order valence-electron chi connectivity index (χ3n) is 3.36. The minimum absolute atomic E-state index is 0.114.